The second-order valence-electron chi connectivity index (χ2n) is 10.0. The van der Waals surface area contributed by atoms with E-state index in [1.165, 1.54) is 6.26 Å². The van der Waals surface area contributed by atoms with E-state index in [2.05, 4.69) is 4.99 Å². The molecule has 4 rings (SSSR count). The van der Waals surface area contributed by atoms with Crippen LogP contribution in [0.5, 0.6) is 0 Å². The third-order valence-electron chi connectivity index (χ3n) is 7.25. The van der Waals surface area contributed by atoms with E-state index in [4.69, 9.17) is 4.74 Å². The van der Waals surface area contributed by atoms with Crippen LogP contribution in [0.2, 0.25) is 0 Å². The number of sulfone groups is 1. The molecule has 1 unspecified atom stereocenters. The summed E-state index contributed by atoms with van der Waals surface area (Å²) in [5, 5.41) is 0. The van der Waals surface area contributed by atoms with Crippen molar-refractivity contribution in [1.82, 2.24) is 4.90 Å². The fraction of sp³-hybridized carbons (Fsp3) is 0.625. The van der Waals surface area contributed by atoms with Crippen LogP contribution in [-0.2, 0) is 20.0 Å². The standard InChI is InChI=1S/C24H31F3N2O3S/c1-22(19-3-5-20(6-4-19)33(2,30)31)10-7-21(28-16-22)32-15-18-8-13-29(14-9-18)17-23(11-12-23)24(25,26)27/h3-7,10,18H,8-9,11-17H2,1-2H3. The van der Waals surface area contributed by atoms with E-state index in [1.54, 1.807) is 12.1 Å². The Morgan fingerprint density at radius 2 is 1.79 bits per heavy atom. The number of halogens is 3. The maximum atomic E-state index is 13.2. The first-order valence-electron chi connectivity index (χ1n) is 11.4. The van der Waals surface area contributed by atoms with Gasteiger partial charge in [0.1, 0.15) is 0 Å². The van der Waals surface area contributed by atoms with Gasteiger partial charge in [-0.15, -0.1) is 0 Å². The zero-order valence-electron chi connectivity index (χ0n) is 19.1. The Hall–Kier alpha value is -1.87. The number of nitrogens with zero attached hydrogens (tertiary/aromatic N) is 2. The first-order chi connectivity index (χ1) is 15.4. The summed E-state index contributed by atoms with van der Waals surface area (Å²) >= 11 is 0. The number of hydrogen-bond acceptors (Lipinski definition) is 5. The number of aliphatic imine (C=N–C) groups is 1. The van der Waals surface area contributed by atoms with Crippen LogP contribution in [0.15, 0.2) is 46.3 Å². The topological polar surface area (TPSA) is 59.0 Å². The minimum absolute atomic E-state index is 0.128. The smallest absolute Gasteiger partial charge is 0.395 e. The van der Waals surface area contributed by atoms with Crippen LogP contribution in [0.25, 0.3) is 0 Å². The number of piperidine rings is 1. The van der Waals surface area contributed by atoms with E-state index in [-0.39, 0.29) is 24.8 Å². The van der Waals surface area contributed by atoms with E-state index in [0.717, 1.165) is 18.4 Å². The van der Waals surface area contributed by atoms with Gasteiger partial charge in [0.2, 0.25) is 5.90 Å². The van der Waals surface area contributed by atoms with Gasteiger partial charge in [-0.05, 0) is 68.5 Å². The normalized spacial score (nSPS) is 26.2. The van der Waals surface area contributed by atoms with Crippen LogP contribution in [0.4, 0.5) is 13.2 Å². The van der Waals surface area contributed by atoms with Gasteiger partial charge in [-0.2, -0.15) is 13.2 Å². The first kappa shape index (κ1) is 24.3. The highest BCUT2D eigenvalue weighted by molar-refractivity contribution is 7.90. The molecule has 5 nitrogen and oxygen atoms in total. The van der Waals surface area contributed by atoms with E-state index in [1.807, 2.05) is 36.1 Å². The number of hydrogen-bond donors (Lipinski definition) is 0. The monoisotopic (exact) mass is 484 g/mol. The van der Waals surface area contributed by atoms with Gasteiger partial charge in [0.25, 0.3) is 0 Å². The zero-order valence-corrected chi connectivity index (χ0v) is 19.9. The third kappa shape index (κ3) is 5.45. The second-order valence-corrected chi connectivity index (χ2v) is 12.0. The van der Waals surface area contributed by atoms with Gasteiger partial charge >= 0.3 is 6.18 Å². The molecule has 3 aliphatic rings. The molecule has 2 aliphatic heterocycles. The second kappa shape index (κ2) is 8.73. The van der Waals surface area contributed by atoms with Crippen LogP contribution in [0, 0.1) is 11.3 Å². The SMILES string of the molecule is CC1(c2ccc(S(C)(=O)=O)cc2)C=CC(OCC2CCN(CC3(C(F)(F)F)CC3)CC2)=NC1. The largest absolute Gasteiger partial charge is 0.478 e. The Labute approximate surface area is 193 Å². The van der Waals surface area contributed by atoms with Crippen LogP contribution in [0.3, 0.4) is 0 Å². The fourth-order valence-electron chi connectivity index (χ4n) is 4.59. The van der Waals surface area contributed by atoms with Gasteiger partial charge in [-0.1, -0.05) is 25.1 Å². The van der Waals surface area contributed by atoms with Crippen LogP contribution in [-0.4, -0.2) is 64.4 Å². The van der Waals surface area contributed by atoms with Crippen LogP contribution < -0.4 is 0 Å². The molecule has 9 heteroatoms. The molecule has 1 aromatic rings. The highest BCUT2D eigenvalue weighted by Crippen LogP contribution is 2.58. The van der Waals surface area contributed by atoms with Gasteiger partial charge in [-0.25, -0.2) is 8.42 Å². The van der Waals surface area contributed by atoms with Gasteiger partial charge in [0.05, 0.1) is 23.5 Å². The van der Waals surface area contributed by atoms with Crippen molar-refractivity contribution >= 4 is 15.7 Å². The van der Waals surface area contributed by atoms with E-state index < -0.39 is 21.4 Å². The number of alkyl halides is 3. The quantitative estimate of drug-likeness (QED) is 0.601. The summed E-state index contributed by atoms with van der Waals surface area (Å²) in [6.45, 7) is 4.54. The minimum Gasteiger partial charge on any atom is -0.478 e. The summed E-state index contributed by atoms with van der Waals surface area (Å²) in [7, 11) is -3.23. The van der Waals surface area contributed by atoms with Crippen molar-refractivity contribution in [3.8, 4) is 0 Å². The van der Waals surface area contributed by atoms with Gasteiger partial charge in [0, 0.05) is 18.2 Å². The molecular formula is C24H31F3N2O3S. The summed E-state index contributed by atoms with van der Waals surface area (Å²) in [6, 6.07) is 6.87. The Morgan fingerprint density at radius 3 is 2.27 bits per heavy atom. The first-order valence-corrected chi connectivity index (χ1v) is 13.3. The fourth-order valence-corrected chi connectivity index (χ4v) is 5.22. The lowest BCUT2D eigenvalue weighted by Crippen LogP contribution is -2.43. The lowest BCUT2D eigenvalue weighted by molar-refractivity contribution is -0.192. The predicted octanol–water partition coefficient (Wildman–Crippen LogP) is 4.39. The molecule has 33 heavy (non-hydrogen) atoms. The minimum atomic E-state index is -4.09. The van der Waals surface area contributed by atoms with E-state index in [9.17, 15) is 21.6 Å². The van der Waals surface area contributed by atoms with Crippen molar-refractivity contribution < 1.29 is 26.3 Å². The van der Waals surface area contributed by atoms with Crippen molar-refractivity contribution in [2.75, 3.05) is 39.0 Å². The molecule has 1 aliphatic carbocycles. The summed E-state index contributed by atoms with van der Waals surface area (Å²) in [4.78, 5) is 6.81. The van der Waals surface area contributed by atoms with Crippen molar-refractivity contribution in [1.29, 1.82) is 0 Å². The Morgan fingerprint density at radius 1 is 1.15 bits per heavy atom. The Balaban J connectivity index is 1.24. The van der Waals surface area contributed by atoms with Gasteiger partial charge in [0.15, 0.2) is 9.84 Å². The molecule has 2 heterocycles. The number of ether oxygens (including phenoxy) is 1. The molecule has 1 saturated carbocycles. The van der Waals surface area contributed by atoms with Crippen molar-refractivity contribution in [3.05, 3.63) is 42.0 Å². The highest BCUT2D eigenvalue weighted by Gasteiger charge is 2.63. The number of rotatable bonds is 6. The molecule has 0 radical (unpaired) electrons. The molecule has 1 saturated heterocycles. The van der Waals surface area contributed by atoms with Crippen molar-refractivity contribution in [2.45, 2.75) is 49.1 Å². The van der Waals surface area contributed by atoms with Crippen molar-refractivity contribution in [2.24, 2.45) is 16.3 Å². The maximum absolute atomic E-state index is 13.2. The molecule has 0 amide bonds. The Kier molecular flexibility index (Phi) is 6.41. The lowest BCUT2D eigenvalue weighted by Gasteiger charge is -2.35. The molecule has 1 aromatic carbocycles. The van der Waals surface area contributed by atoms with Crippen LogP contribution in [0.1, 0.15) is 38.2 Å². The Bertz CT molecular complexity index is 1020. The van der Waals surface area contributed by atoms with Crippen molar-refractivity contribution in [3.63, 3.8) is 0 Å². The molecule has 0 spiro atoms. The average molecular weight is 485 g/mol. The maximum Gasteiger partial charge on any atom is 0.395 e. The average Bonchev–Trinajstić information content (AvgIpc) is 3.55. The number of benzene rings is 1. The van der Waals surface area contributed by atoms with Gasteiger partial charge in [-0.3, -0.25) is 4.99 Å². The highest BCUT2D eigenvalue weighted by atomic mass is 32.2. The summed E-state index contributed by atoms with van der Waals surface area (Å²) in [5.41, 5.74) is -0.824. The molecule has 182 valence electrons. The van der Waals surface area contributed by atoms with Gasteiger partial charge < -0.3 is 9.64 Å². The lowest BCUT2D eigenvalue weighted by atomic mass is 9.81. The molecule has 1 atom stereocenters. The summed E-state index contributed by atoms with van der Waals surface area (Å²) in [6.07, 6.45) is 3.14. The zero-order chi connectivity index (χ0) is 23.9. The molecule has 2 fully saturated rings. The number of dihydropyridines is 1. The number of likely N-dealkylation sites (tertiary alicyclic amines) is 1. The van der Waals surface area contributed by atoms with E-state index in [0.29, 0.717) is 43.0 Å². The summed E-state index contributed by atoms with van der Waals surface area (Å²) < 4.78 is 68.8. The third-order valence-corrected chi connectivity index (χ3v) is 8.38. The van der Waals surface area contributed by atoms with Crippen LogP contribution >= 0.6 is 0 Å². The molecule has 0 aromatic heterocycles. The predicted molar refractivity (Wildman–Crippen MR) is 121 cm³/mol. The molecule has 0 bridgehead atoms. The molecular weight excluding hydrogens is 453 g/mol. The molecule has 0 N–H and O–H groups in total. The van der Waals surface area contributed by atoms with E-state index >= 15 is 0 Å². The summed E-state index contributed by atoms with van der Waals surface area (Å²) in [5.74, 6) is 0.881.